The van der Waals surface area contributed by atoms with Crippen molar-refractivity contribution in [3.63, 3.8) is 0 Å². The maximum absolute atomic E-state index is 11.7. The Morgan fingerprint density at radius 3 is 2.74 bits per heavy atom. The van der Waals surface area contributed by atoms with Crippen LogP contribution in [-0.2, 0) is 18.3 Å². The van der Waals surface area contributed by atoms with Crippen LogP contribution in [0.25, 0.3) is 0 Å². The average Bonchev–Trinajstić information content (AvgIpc) is 2.83. The van der Waals surface area contributed by atoms with Gasteiger partial charge in [0.25, 0.3) is 0 Å². The average molecular weight is 258 g/mol. The van der Waals surface area contributed by atoms with Crippen LogP contribution in [0.5, 0.6) is 5.75 Å². The number of aromatic nitrogens is 2. The fourth-order valence-corrected chi connectivity index (χ4v) is 1.81. The van der Waals surface area contributed by atoms with Gasteiger partial charge in [0.05, 0.1) is 12.8 Å². The molecule has 1 aromatic carbocycles. The van der Waals surface area contributed by atoms with E-state index in [4.69, 9.17) is 4.74 Å². The molecule has 0 saturated heterocycles. The first kappa shape index (κ1) is 13.3. The van der Waals surface area contributed by atoms with Crippen molar-refractivity contribution in [2.75, 3.05) is 6.61 Å². The van der Waals surface area contributed by atoms with Crippen molar-refractivity contribution in [3.05, 3.63) is 48.3 Å². The Hall–Kier alpha value is -2.10. The van der Waals surface area contributed by atoms with Gasteiger partial charge in [0.2, 0.25) is 0 Å². The van der Waals surface area contributed by atoms with Crippen LogP contribution >= 0.6 is 0 Å². The minimum absolute atomic E-state index is 0.222. The van der Waals surface area contributed by atoms with Gasteiger partial charge in [0, 0.05) is 26.1 Å². The lowest BCUT2D eigenvalue weighted by Crippen LogP contribution is -2.07. The number of hydrogen-bond donors (Lipinski definition) is 0. The topological polar surface area (TPSA) is 44.1 Å². The van der Waals surface area contributed by atoms with Crippen molar-refractivity contribution in [3.8, 4) is 5.75 Å². The predicted octanol–water partition coefficient (Wildman–Crippen LogP) is 2.39. The molecule has 100 valence electrons. The molecule has 0 atom stereocenters. The smallest absolute Gasteiger partial charge is 0.136 e. The van der Waals surface area contributed by atoms with E-state index in [1.165, 1.54) is 0 Å². The van der Waals surface area contributed by atoms with E-state index in [0.717, 1.165) is 17.7 Å². The SMILES string of the molecule is Cn1cc(CCC(=O)CCOc2ccccc2)cn1. The normalized spacial score (nSPS) is 10.4. The number of aryl methyl sites for hydroxylation is 2. The van der Waals surface area contributed by atoms with Gasteiger partial charge in [-0.2, -0.15) is 5.10 Å². The van der Waals surface area contributed by atoms with Gasteiger partial charge in [0.1, 0.15) is 11.5 Å². The molecule has 2 aromatic rings. The maximum atomic E-state index is 11.7. The molecule has 0 N–H and O–H groups in total. The second-order valence-corrected chi connectivity index (χ2v) is 4.47. The highest BCUT2D eigenvalue weighted by Crippen LogP contribution is 2.09. The lowest BCUT2D eigenvalue weighted by Gasteiger charge is -2.04. The predicted molar refractivity (Wildman–Crippen MR) is 73.1 cm³/mol. The number of ketones is 1. The monoisotopic (exact) mass is 258 g/mol. The molecule has 1 aromatic heterocycles. The van der Waals surface area contributed by atoms with Gasteiger partial charge in [-0.15, -0.1) is 0 Å². The highest BCUT2D eigenvalue weighted by atomic mass is 16.5. The van der Waals surface area contributed by atoms with Gasteiger partial charge in [-0.3, -0.25) is 9.48 Å². The van der Waals surface area contributed by atoms with Crippen LogP contribution in [0.4, 0.5) is 0 Å². The van der Waals surface area contributed by atoms with Crippen molar-refractivity contribution in [1.82, 2.24) is 9.78 Å². The van der Waals surface area contributed by atoms with Crippen LogP contribution in [-0.4, -0.2) is 22.2 Å². The van der Waals surface area contributed by atoms with Gasteiger partial charge in [-0.05, 0) is 24.1 Å². The summed E-state index contributed by atoms with van der Waals surface area (Å²) in [6, 6.07) is 9.55. The molecule has 0 saturated carbocycles. The van der Waals surface area contributed by atoms with E-state index in [1.807, 2.05) is 43.6 Å². The van der Waals surface area contributed by atoms with Crippen molar-refractivity contribution in [2.24, 2.45) is 7.05 Å². The number of hydrogen-bond acceptors (Lipinski definition) is 3. The lowest BCUT2D eigenvalue weighted by molar-refractivity contribution is -0.119. The quantitative estimate of drug-likeness (QED) is 0.766. The molecule has 0 aliphatic carbocycles. The number of para-hydroxylation sites is 1. The number of nitrogens with zero attached hydrogens (tertiary/aromatic N) is 2. The minimum Gasteiger partial charge on any atom is -0.493 e. The van der Waals surface area contributed by atoms with Crippen molar-refractivity contribution in [1.29, 1.82) is 0 Å². The zero-order valence-electron chi connectivity index (χ0n) is 11.1. The van der Waals surface area contributed by atoms with E-state index >= 15 is 0 Å². The molecule has 0 aliphatic rings. The molecule has 1 heterocycles. The number of Topliss-reactive ketones (excluding diaryl/α,β-unsaturated/α-hetero) is 1. The first-order valence-electron chi connectivity index (χ1n) is 6.41. The molecule has 4 nitrogen and oxygen atoms in total. The summed E-state index contributed by atoms with van der Waals surface area (Å²) >= 11 is 0. The van der Waals surface area contributed by atoms with Crippen molar-refractivity contribution in [2.45, 2.75) is 19.3 Å². The van der Waals surface area contributed by atoms with E-state index < -0.39 is 0 Å². The standard InChI is InChI=1S/C15H18N2O2/c1-17-12-13(11-16-17)7-8-14(18)9-10-19-15-5-3-2-4-6-15/h2-6,11-12H,7-10H2,1H3. The van der Waals surface area contributed by atoms with E-state index in [9.17, 15) is 4.79 Å². The Morgan fingerprint density at radius 1 is 1.26 bits per heavy atom. The van der Waals surface area contributed by atoms with E-state index in [1.54, 1.807) is 10.9 Å². The number of benzene rings is 1. The molecular weight excluding hydrogens is 240 g/mol. The largest absolute Gasteiger partial charge is 0.493 e. The first-order valence-corrected chi connectivity index (χ1v) is 6.41. The maximum Gasteiger partial charge on any atom is 0.136 e. The third-order valence-corrected chi connectivity index (χ3v) is 2.84. The summed E-state index contributed by atoms with van der Waals surface area (Å²) in [7, 11) is 1.87. The van der Waals surface area contributed by atoms with E-state index in [-0.39, 0.29) is 5.78 Å². The van der Waals surface area contributed by atoms with Gasteiger partial charge >= 0.3 is 0 Å². The van der Waals surface area contributed by atoms with Crippen LogP contribution in [0.1, 0.15) is 18.4 Å². The molecule has 0 amide bonds. The molecule has 0 spiro atoms. The highest BCUT2D eigenvalue weighted by molar-refractivity contribution is 5.78. The number of carbonyl (C=O) groups is 1. The fourth-order valence-electron chi connectivity index (χ4n) is 1.81. The summed E-state index contributed by atoms with van der Waals surface area (Å²) in [5.41, 5.74) is 1.10. The minimum atomic E-state index is 0.222. The fraction of sp³-hybridized carbons (Fsp3) is 0.333. The first-order chi connectivity index (χ1) is 9.24. The van der Waals surface area contributed by atoms with Crippen LogP contribution in [0, 0.1) is 0 Å². The molecule has 0 fully saturated rings. The molecule has 2 rings (SSSR count). The zero-order chi connectivity index (χ0) is 13.5. The van der Waals surface area contributed by atoms with Crippen molar-refractivity contribution < 1.29 is 9.53 Å². The molecule has 0 bridgehead atoms. The summed E-state index contributed by atoms with van der Waals surface area (Å²) in [5.74, 6) is 1.03. The number of carbonyl (C=O) groups excluding carboxylic acids is 1. The van der Waals surface area contributed by atoms with Gasteiger partial charge in [-0.25, -0.2) is 0 Å². The van der Waals surface area contributed by atoms with Crippen LogP contribution < -0.4 is 4.74 Å². The Bertz CT molecular complexity index is 520. The molecule has 0 aliphatic heterocycles. The molecule has 0 radical (unpaired) electrons. The van der Waals surface area contributed by atoms with Crippen LogP contribution in [0.3, 0.4) is 0 Å². The van der Waals surface area contributed by atoms with Gasteiger partial charge < -0.3 is 4.74 Å². The Morgan fingerprint density at radius 2 is 2.05 bits per heavy atom. The molecule has 0 unspecified atom stereocenters. The Kier molecular flexibility index (Phi) is 4.72. The lowest BCUT2D eigenvalue weighted by atomic mass is 10.1. The van der Waals surface area contributed by atoms with Gasteiger partial charge in [-0.1, -0.05) is 18.2 Å². The second kappa shape index (κ2) is 6.73. The molecule has 4 heteroatoms. The van der Waals surface area contributed by atoms with Gasteiger partial charge in [0.15, 0.2) is 0 Å². The van der Waals surface area contributed by atoms with Crippen LogP contribution in [0.2, 0.25) is 0 Å². The van der Waals surface area contributed by atoms with Crippen LogP contribution in [0.15, 0.2) is 42.7 Å². The summed E-state index contributed by atoms with van der Waals surface area (Å²) < 4.78 is 7.24. The Labute approximate surface area is 113 Å². The third kappa shape index (κ3) is 4.58. The molecule has 19 heavy (non-hydrogen) atoms. The van der Waals surface area contributed by atoms with E-state index in [0.29, 0.717) is 19.4 Å². The summed E-state index contributed by atoms with van der Waals surface area (Å²) in [6.07, 6.45) is 5.48. The third-order valence-electron chi connectivity index (χ3n) is 2.84. The summed E-state index contributed by atoms with van der Waals surface area (Å²) in [4.78, 5) is 11.7. The number of rotatable bonds is 7. The summed E-state index contributed by atoms with van der Waals surface area (Å²) in [5, 5.41) is 4.08. The van der Waals surface area contributed by atoms with Crippen molar-refractivity contribution >= 4 is 5.78 Å². The molecular formula is C15H18N2O2. The zero-order valence-corrected chi connectivity index (χ0v) is 11.1. The van der Waals surface area contributed by atoms with E-state index in [2.05, 4.69) is 5.10 Å². The summed E-state index contributed by atoms with van der Waals surface area (Å²) in [6.45, 7) is 0.440. The number of ether oxygens (including phenoxy) is 1. The Balaban J connectivity index is 1.65. The highest BCUT2D eigenvalue weighted by Gasteiger charge is 2.04. The second-order valence-electron chi connectivity index (χ2n) is 4.47.